The third-order valence-corrected chi connectivity index (χ3v) is 3.83. The van der Waals surface area contributed by atoms with E-state index in [0.29, 0.717) is 12.1 Å². The second-order valence-corrected chi connectivity index (χ2v) is 4.86. The molecular weight excluding hydrogens is 216 g/mol. The highest BCUT2D eigenvalue weighted by Gasteiger charge is 2.39. The van der Waals surface area contributed by atoms with Gasteiger partial charge >= 0.3 is 0 Å². The largest absolute Gasteiger partial charge is 0.374 e. The molecule has 0 aliphatic carbocycles. The van der Waals surface area contributed by atoms with Crippen LogP contribution in [0, 0.1) is 0 Å². The zero-order valence-electron chi connectivity index (χ0n) is 9.71. The Morgan fingerprint density at radius 1 is 1.41 bits per heavy atom. The molecule has 2 aliphatic heterocycles. The molecule has 1 aromatic carbocycles. The van der Waals surface area contributed by atoms with Gasteiger partial charge in [0, 0.05) is 13.6 Å². The number of anilines is 1. The van der Waals surface area contributed by atoms with Crippen LogP contribution in [-0.2, 0) is 11.8 Å². The zero-order chi connectivity index (χ0) is 11.4. The van der Waals surface area contributed by atoms with Crippen LogP contribution in [0.2, 0.25) is 0 Å². The number of fused-ring (bicyclic) bond motifs is 3. The number of hydrogen-bond acceptors (Lipinski definition) is 4. The quantitative estimate of drug-likeness (QED) is 0.731. The Bertz CT molecular complexity index is 579. The molecule has 0 saturated carbocycles. The van der Waals surface area contributed by atoms with Crippen LogP contribution in [-0.4, -0.2) is 40.3 Å². The first kappa shape index (κ1) is 9.41. The minimum absolute atomic E-state index is 0.409. The molecule has 3 heterocycles. The molecule has 88 valence electrons. The normalized spacial score (nSPS) is 27.2. The van der Waals surface area contributed by atoms with E-state index in [2.05, 4.69) is 33.4 Å². The molecule has 2 saturated heterocycles. The number of rotatable bonds is 1. The predicted octanol–water partition coefficient (Wildman–Crippen LogP) is 0.946. The number of hydrogen-bond donors (Lipinski definition) is 0. The Morgan fingerprint density at radius 3 is 3.12 bits per heavy atom. The van der Waals surface area contributed by atoms with Crippen LogP contribution in [0.25, 0.3) is 11.0 Å². The van der Waals surface area contributed by atoms with E-state index < -0.39 is 0 Å². The monoisotopic (exact) mass is 230 g/mol. The molecule has 2 fully saturated rings. The van der Waals surface area contributed by atoms with Crippen LogP contribution >= 0.6 is 0 Å². The Hall–Kier alpha value is -1.62. The predicted molar refractivity (Wildman–Crippen MR) is 64.0 cm³/mol. The van der Waals surface area contributed by atoms with Crippen molar-refractivity contribution in [2.45, 2.75) is 18.6 Å². The van der Waals surface area contributed by atoms with Crippen LogP contribution in [0.5, 0.6) is 0 Å². The van der Waals surface area contributed by atoms with E-state index in [0.717, 1.165) is 30.6 Å². The average molecular weight is 230 g/mol. The highest BCUT2D eigenvalue weighted by Crippen LogP contribution is 2.35. The van der Waals surface area contributed by atoms with Gasteiger partial charge < -0.3 is 9.64 Å². The smallest absolute Gasteiger partial charge is 0.136 e. The van der Waals surface area contributed by atoms with Crippen LogP contribution in [0.3, 0.4) is 0 Å². The summed E-state index contributed by atoms with van der Waals surface area (Å²) in [5.74, 6) is 0. The molecule has 0 spiro atoms. The lowest BCUT2D eigenvalue weighted by molar-refractivity contribution is 0.0992. The van der Waals surface area contributed by atoms with E-state index >= 15 is 0 Å². The molecule has 17 heavy (non-hydrogen) atoms. The van der Waals surface area contributed by atoms with Crippen molar-refractivity contribution in [3.8, 4) is 0 Å². The highest BCUT2D eigenvalue weighted by molar-refractivity contribution is 5.88. The maximum Gasteiger partial charge on any atom is 0.136 e. The van der Waals surface area contributed by atoms with Crippen molar-refractivity contribution in [2.75, 3.05) is 18.1 Å². The first-order valence-corrected chi connectivity index (χ1v) is 5.99. The first-order valence-electron chi connectivity index (χ1n) is 5.99. The minimum atomic E-state index is 0.409. The van der Waals surface area contributed by atoms with Gasteiger partial charge in [-0.3, -0.25) is 0 Å². The molecular formula is C12H14N4O. The lowest BCUT2D eigenvalue weighted by Crippen LogP contribution is -2.37. The maximum atomic E-state index is 5.64. The maximum absolute atomic E-state index is 5.64. The molecule has 2 aliphatic rings. The Kier molecular flexibility index (Phi) is 1.77. The summed E-state index contributed by atoms with van der Waals surface area (Å²) in [5.41, 5.74) is 3.29. The van der Waals surface area contributed by atoms with Crippen LogP contribution in [0.1, 0.15) is 6.42 Å². The molecule has 2 bridgehead atoms. The van der Waals surface area contributed by atoms with Crippen molar-refractivity contribution >= 4 is 16.7 Å². The van der Waals surface area contributed by atoms with Crippen molar-refractivity contribution in [1.82, 2.24) is 15.0 Å². The molecule has 5 heteroatoms. The summed E-state index contributed by atoms with van der Waals surface area (Å²) in [6, 6.07) is 6.79. The summed E-state index contributed by atoms with van der Waals surface area (Å²) >= 11 is 0. The number of nitrogens with zero attached hydrogens (tertiary/aromatic N) is 4. The summed E-state index contributed by atoms with van der Waals surface area (Å²) in [7, 11) is 1.93. The third kappa shape index (κ3) is 1.23. The van der Waals surface area contributed by atoms with Crippen molar-refractivity contribution in [1.29, 1.82) is 0 Å². The molecule has 5 nitrogen and oxygen atoms in total. The fraction of sp³-hybridized carbons (Fsp3) is 0.500. The SMILES string of the molecule is Cn1nnc2c(N3CC4CC3CO4)cccc21. The number of ether oxygens (including phenoxy) is 1. The summed E-state index contributed by atoms with van der Waals surface area (Å²) < 4.78 is 7.46. The van der Waals surface area contributed by atoms with Gasteiger partial charge in [0.1, 0.15) is 5.52 Å². The second-order valence-electron chi connectivity index (χ2n) is 4.86. The minimum Gasteiger partial charge on any atom is -0.374 e. The van der Waals surface area contributed by atoms with Crippen LogP contribution in [0.4, 0.5) is 5.69 Å². The standard InChI is InChI=1S/C12H14N4O/c1-15-10-3-2-4-11(12(10)13-14-15)16-6-9-5-8(16)7-17-9/h2-4,8-9H,5-7H2,1H3. The number of aromatic nitrogens is 3. The molecule has 0 N–H and O–H groups in total. The number of aryl methyl sites for hydroxylation is 1. The van der Waals surface area contributed by atoms with Crippen molar-refractivity contribution in [3.05, 3.63) is 18.2 Å². The lowest BCUT2D eigenvalue weighted by Gasteiger charge is -2.28. The van der Waals surface area contributed by atoms with Gasteiger partial charge in [0.05, 0.1) is 30.0 Å². The van der Waals surface area contributed by atoms with Gasteiger partial charge in [-0.2, -0.15) is 0 Å². The van der Waals surface area contributed by atoms with E-state index in [9.17, 15) is 0 Å². The fourth-order valence-electron chi connectivity index (χ4n) is 2.97. The summed E-state index contributed by atoms with van der Waals surface area (Å²) in [4.78, 5) is 2.42. The fourth-order valence-corrected chi connectivity index (χ4v) is 2.97. The second kappa shape index (κ2) is 3.20. The summed E-state index contributed by atoms with van der Waals surface area (Å²) in [6.07, 6.45) is 1.56. The van der Waals surface area contributed by atoms with E-state index in [1.54, 1.807) is 0 Å². The van der Waals surface area contributed by atoms with E-state index in [1.165, 1.54) is 5.69 Å². The average Bonchev–Trinajstić information content (AvgIpc) is 3.04. The highest BCUT2D eigenvalue weighted by atomic mass is 16.5. The Balaban J connectivity index is 1.85. The number of benzene rings is 1. The summed E-state index contributed by atoms with van der Waals surface area (Å²) in [6.45, 7) is 1.83. The van der Waals surface area contributed by atoms with Crippen LogP contribution in [0.15, 0.2) is 18.2 Å². The molecule has 1 aromatic heterocycles. The van der Waals surface area contributed by atoms with Gasteiger partial charge in [0.25, 0.3) is 0 Å². The molecule has 2 aromatic rings. The molecule has 0 radical (unpaired) electrons. The molecule has 0 amide bonds. The van der Waals surface area contributed by atoms with E-state index in [4.69, 9.17) is 4.74 Å². The molecule has 4 rings (SSSR count). The molecule has 2 unspecified atom stereocenters. The van der Waals surface area contributed by atoms with Gasteiger partial charge in [-0.1, -0.05) is 11.3 Å². The van der Waals surface area contributed by atoms with Gasteiger partial charge in [-0.15, -0.1) is 5.10 Å². The topological polar surface area (TPSA) is 43.2 Å². The number of morpholine rings is 1. The lowest BCUT2D eigenvalue weighted by atomic mass is 10.2. The van der Waals surface area contributed by atoms with Gasteiger partial charge in [0.15, 0.2) is 0 Å². The van der Waals surface area contributed by atoms with E-state index in [-0.39, 0.29) is 0 Å². The first-order chi connectivity index (χ1) is 8.33. The van der Waals surface area contributed by atoms with Crippen molar-refractivity contribution in [2.24, 2.45) is 7.05 Å². The third-order valence-electron chi connectivity index (χ3n) is 3.83. The van der Waals surface area contributed by atoms with E-state index in [1.807, 2.05) is 11.7 Å². The van der Waals surface area contributed by atoms with Crippen LogP contribution < -0.4 is 4.90 Å². The molecule has 2 atom stereocenters. The van der Waals surface area contributed by atoms with Gasteiger partial charge in [-0.25, -0.2) is 4.68 Å². The van der Waals surface area contributed by atoms with Crippen molar-refractivity contribution in [3.63, 3.8) is 0 Å². The van der Waals surface area contributed by atoms with Gasteiger partial charge in [-0.05, 0) is 18.6 Å². The summed E-state index contributed by atoms with van der Waals surface area (Å²) in [5, 5.41) is 8.38. The zero-order valence-corrected chi connectivity index (χ0v) is 9.71. The Labute approximate surface area is 99.0 Å². The van der Waals surface area contributed by atoms with Gasteiger partial charge in [0.2, 0.25) is 0 Å². The Morgan fingerprint density at radius 2 is 2.35 bits per heavy atom. The van der Waals surface area contributed by atoms with Crippen molar-refractivity contribution < 1.29 is 4.74 Å².